The van der Waals surface area contributed by atoms with Crippen molar-refractivity contribution in [2.45, 2.75) is 13.8 Å². The molecule has 0 saturated heterocycles. The van der Waals surface area contributed by atoms with Gasteiger partial charge in [-0.1, -0.05) is 19.9 Å². The molecule has 0 unspecified atom stereocenters. The molecular weight excluding hydrogens is 356 g/mol. The number of methoxy groups -OCH3 is 2. The lowest BCUT2D eigenvalue weighted by molar-refractivity contribution is -0.112. The number of nitriles is 1. The Hall–Kier alpha value is -3.46. The van der Waals surface area contributed by atoms with Crippen LogP contribution < -0.4 is 19.5 Å². The molecule has 0 saturated carbocycles. The topological polar surface area (TPSA) is 80.6 Å². The summed E-state index contributed by atoms with van der Waals surface area (Å²) in [7, 11) is 3.13. The number of anilines is 1. The second-order valence-electron chi connectivity index (χ2n) is 6.47. The van der Waals surface area contributed by atoms with E-state index in [1.807, 2.05) is 19.9 Å². The molecular formula is C22H24N2O4. The van der Waals surface area contributed by atoms with Crippen molar-refractivity contribution in [2.75, 3.05) is 26.1 Å². The molecule has 0 atom stereocenters. The monoisotopic (exact) mass is 380 g/mol. The Labute approximate surface area is 165 Å². The highest BCUT2D eigenvalue weighted by Gasteiger charge is 2.12. The lowest BCUT2D eigenvalue weighted by Gasteiger charge is -2.13. The highest BCUT2D eigenvalue weighted by molar-refractivity contribution is 6.09. The molecule has 0 spiro atoms. The molecule has 6 nitrogen and oxygen atoms in total. The lowest BCUT2D eigenvalue weighted by atomic mass is 10.1. The van der Waals surface area contributed by atoms with Gasteiger partial charge in [-0.3, -0.25) is 4.79 Å². The Bertz CT molecular complexity index is 880. The van der Waals surface area contributed by atoms with E-state index in [1.165, 1.54) is 6.08 Å². The summed E-state index contributed by atoms with van der Waals surface area (Å²) in [6.45, 7) is 4.63. The molecule has 0 heterocycles. The number of benzene rings is 2. The second-order valence-corrected chi connectivity index (χ2v) is 6.47. The van der Waals surface area contributed by atoms with Gasteiger partial charge in [-0.05, 0) is 54.0 Å². The number of amides is 1. The van der Waals surface area contributed by atoms with Crippen LogP contribution in [0.2, 0.25) is 0 Å². The van der Waals surface area contributed by atoms with Crippen LogP contribution in [0.25, 0.3) is 6.08 Å². The fourth-order valence-electron chi connectivity index (χ4n) is 2.34. The maximum atomic E-state index is 12.4. The van der Waals surface area contributed by atoms with Crippen molar-refractivity contribution in [1.29, 1.82) is 5.26 Å². The molecule has 0 bridgehead atoms. The first-order valence-electron chi connectivity index (χ1n) is 8.84. The molecule has 0 radical (unpaired) electrons. The van der Waals surface area contributed by atoms with Crippen molar-refractivity contribution in [1.82, 2.24) is 0 Å². The van der Waals surface area contributed by atoms with E-state index in [9.17, 15) is 10.1 Å². The molecule has 0 aliphatic carbocycles. The third-order valence-electron chi connectivity index (χ3n) is 3.78. The quantitative estimate of drug-likeness (QED) is 0.546. The van der Waals surface area contributed by atoms with E-state index >= 15 is 0 Å². The van der Waals surface area contributed by atoms with E-state index in [0.717, 1.165) is 0 Å². The number of carbonyl (C=O) groups is 1. The third kappa shape index (κ3) is 5.78. The van der Waals surface area contributed by atoms with Gasteiger partial charge < -0.3 is 19.5 Å². The Kier molecular flexibility index (Phi) is 7.46. The normalized spacial score (nSPS) is 10.9. The van der Waals surface area contributed by atoms with Gasteiger partial charge in [0.1, 0.15) is 17.4 Å². The number of nitrogens with one attached hydrogen (secondary N) is 1. The lowest BCUT2D eigenvalue weighted by Crippen LogP contribution is -2.13. The van der Waals surface area contributed by atoms with Crippen molar-refractivity contribution >= 4 is 17.7 Å². The van der Waals surface area contributed by atoms with E-state index in [0.29, 0.717) is 41.0 Å². The van der Waals surface area contributed by atoms with Gasteiger partial charge in [0.2, 0.25) is 0 Å². The van der Waals surface area contributed by atoms with E-state index in [4.69, 9.17) is 14.2 Å². The fraction of sp³-hybridized carbons (Fsp3) is 0.273. The zero-order valence-corrected chi connectivity index (χ0v) is 16.5. The van der Waals surface area contributed by atoms with Crippen LogP contribution in [-0.2, 0) is 4.79 Å². The van der Waals surface area contributed by atoms with Gasteiger partial charge in [-0.15, -0.1) is 0 Å². The van der Waals surface area contributed by atoms with Crippen LogP contribution in [0.1, 0.15) is 19.4 Å². The maximum absolute atomic E-state index is 12.4. The summed E-state index contributed by atoms with van der Waals surface area (Å²) in [5.41, 5.74) is 1.22. The largest absolute Gasteiger partial charge is 0.497 e. The molecule has 6 heteroatoms. The Morgan fingerprint density at radius 1 is 1.11 bits per heavy atom. The number of nitrogens with zero attached hydrogens (tertiary/aromatic N) is 1. The van der Waals surface area contributed by atoms with E-state index < -0.39 is 5.91 Å². The summed E-state index contributed by atoms with van der Waals surface area (Å²) in [6.07, 6.45) is 1.51. The molecule has 2 aromatic rings. The van der Waals surface area contributed by atoms with E-state index in [1.54, 1.807) is 56.7 Å². The molecule has 0 aromatic heterocycles. The molecule has 0 aliphatic rings. The number of rotatable bonds is 8. The van der Waals surface area contributed by atoms with Crippen LogP contribution in [0, 0.1) is 17.2 Å². The van der Waals surface area contributed by atoms with Crippen molar-refractivity contribution in [3.63, 3.8) is 0 Å². The molecule has 28 heavy (non-hydrogen) atoms. The molecule has 146 valence electrons. The summed E-state index contributed by atoms with van der Waals surface area (Å²) in [5, 5.41) is 12.1. The highest BCUT2D eigenvalue weighted by atomic mass is 16.5. The van der Waals surface area contributed by atoms with E-state index in [-0.39, 0.29) is 5.57 Å². The average Bonchev–Trinajstić information content (AvgIpc) is 2.70. The standard InChI is InChI=1S/C22H24N2O4/c1-15(2)14-28-21-12-16(5-10-20(21)27-4)11-17(13-23)22(25)24-18-6-8-19(26-3)9-7-18/h5-12,15H,14H2,1-4H3,(H,24,25)/b17-11+. The van der Waals surface area contributed by atoms with Crippen LogP contribution in [0.15, 0.2) is 48.0 Å². The van der Waals surface area contributed by atoms with Crippen LogP contribution >= 0.6 is 0 Å². The minimum atomic E-state index is -0.492. The summed E-state index contributed by atoms with van der Waals surface area (Å²) < 4.78 is 16.2. The Morgan fingerprint density at radius 2 is 1.82 bits per heavy atom. The molecule has 2 rings (SSSR count). The first-order chi connectivity index (χ1) is 13.5. The Morgan fingerprint density at radius 3 is 2.39 bits per heavy atom. The second kappa shape index (κ2) is 10.0. The van der Waals surface area contributed by atoms with Crippen LogP contribution in [0.5, 0.6) is 17.2 Å². The van der Waals surface area contributed by atoms with Gasteiger partial charge in [0.25, 0.3) is 5.91 Å². The molecule has 1 N–H and O–H groups in total. The van der Waals surface area contributed by atoms with Crippen LogP contribution in [0.3, 0.4) is 0 Å². The van der Waals surface area contributed by atoms with Crippen molar-refractivity contribution < 1.29 is 19.0 Å². The van der Waals surface area contributed by atoms with Crippen LogP contribution in [-0.4, -0.2) is 26.7 Å². The van der Waals surface area contributed by atoms with Gasteiger partial charge in [0.05, 0.1) is 20.8 Å². The zero-order valence-electron chi connectivity index (χ0n) is 16.5. The van der Waals surface area contributed by atoms with Gasteiger partial charge in [0, 0.05) is 5.69 Å². The molecule has 0 aliphatic heterocycles. The van der Waals surface area contributed by atoms with Gasteiger partial charge in [0.15, 0.2) is 11.5 Å². The molecule has 2 aromatic carbocycles. The summed E-state index contributed by atoms with van der Waals surface area (Å²) in [4.78, 5) is 12.4. The predicted octanol–water partition coefficient (Wildman–Crippen LogP) is 4.28. The third-order valence-corrected chi connectivity index (χ3v) is 3.78. The predicted molar refractivity (Wildman–Crippen MR) is 109 cm³/mol. The summed E-state index contributed by atoms with van der Waals surface area (Å²) >= 11 is 0. The summed E-state index contributed by atoms with van der Waals surface area (Å²) in [6, 6.07) is 14.1. The van der Waals surface area contributed by atoms with E-state index in [2.05, 4.69) is 5.32 Å². The first kappa shape index (κ1) is 20.8. The average molecular weight is 380 g/mol. The van der Waals surface area contributed by atoms with Crippen molar-refractivity contribution in [2.24, 2.45) is 5.92 Å². The maximum Gasteiger partial charge on any atom is 0.266 e. The van der Waals surface area contributed by atoms with Crippen molar-refractivity contribution in [3.05, 3.63) is 53.6 Å². The smallest absolute Gasteiger partial charge is 0.266 e. The number of carbonyl (C=O) groups excluding carboxylic acids is 1. The highest BCUT2D eigenvalue weighted by Crippen LogP contribution is 2.29. The number of ether oxygens (including phenoxy) is 3. The molecule has 0 fully saturated rings. The first-order valence-corrected chi connectivity index (χ1v) is 8.84. The van der Waals surface area contributed by atoms with Gasteiger partial charge in [-0.25, -0.2) is 0 Å². The SMILES string of the molecule is COc1ccc(NC(=O)/C(C#N)=C/c2ccc(OC)c(OCC(C)C)c2)cc1. The number of hydrogen-bond acceptors (Lipinski definition) is 5. The Balaban J connectivity index is 2.21. The van der Waals surface area contributed by atoms with Gasteiger partial charge in [-0.2, -0.15) is 5.26 Å². The summed E-state index contributed by atoms with van der Waals surface area (Å²) in [5.74, 6) is 1.71. The minimum absolute atomic E-state index is 0.0178. The van der Waals surface area contributed by atoms with Crippen molar-refractivity contribution in [3.8, 4) is 23.3 Å². The molecule has 1 amide bonds. The van der Waals surface area contributed by atoms with Gasteiger partial charge >= 0.3 is 0 Å². The minimum Gasteiger partial charge on any atom is -0.497 e. The zero-order chi connectivity index (χ0) is 20.5. The van der Waals surface area contributed by atoms with Crippen LogP contribution in [0.4, 0.5) is 5.69 Å². The fourth-order valence-corrected chi connectivity index (χ4v) is 2.34. The number of hydrogen-bond donors (Lipinski definition) is 1.